The normalized spacial score (nSPS) is 22.6. The van der Waals surface area contributed by atoms with Gasteiger partial charge in [-0.05, 0) is 57.3 Å². The third-order valence-corrected chi connectivity index (χ3v) is 9.10. The van der Waals surface area contributed by atoms with Crippen LogP contribution >= 0.6 is 0 Å². The topological polar surface area (TPSA) is 88.8 Å². The van der Waals surface area contributed by atoms with Crippen molar-refractivity contribution in [1.29, 1.82) is 5.26 Å². The van der Waals surface area contributed by atoms with Crippen molar-refractivity contribution in [2.45, 2.75) is 57.3 Å². The van der Waals surface area contributed by atoms with E-state index in [1.54, 1.807) is 4.90 Å². The van der Waals surface area contributed by atoms with Gasteiger partial charge in [0, 0.05) is 48.4 Å². The molecule has 0 spiro atoms. The average Bonchev–Trinajstić information content (AvgIpc) is 3.43. The first kappa shape index (κ1) is 28.0. The predicted octanol–water partition coefficient (Wildman–Crippen LogP) is 4.17. The van der Waals surface area contributed by atoms with Gasteiger partial charge in [0.1, 0.15) is 12.4 Å². The maximum Gasteiger partial charge on any atom is 0.318 e. The molecule has 6 rings (SSSR count). The van der Waals surface area contributed by atoms with Crippen LogP contribution in [0.5, 0.6) is 6.01 Å². The number of piperazine rings is 1. The number of rotatable bonds is 7. The first-order valence-corrected chi connectivity index (χ1v) is 15.0. The lowest BCUT2D eigenvalue weighted by Gasteiger charge is -2.46. The van der Waals surface area contributed by atoms with Crippen LogP contribution in [0.15, 0.2) is 55.1 Å². The van der Waals surface area contributed by atoms with Gasteiger partial charge < -0.3 is 24.3 Å². The van der Waals surface area contributed by atoms with Gasteiger partial charge >= 0.3 is 6.01 Å². The molecule has 9 heteroatoms. The molecule has 0 radical (unpaired) electrons. The molecule has 1 amide bonds. The number of nitrogens with zero attached hydrogens (tertiary/aromatic N) is 7. The zero-order valence-corrected chi connectivity index (χ0v) is 24.6. The van der Waals surface area contributed by atoms with Gasteiger partial charge in [0.05, 0.1) is 30.8 Å². The summed E-state index contributed by atoms with van der Waals surface area (Å²) < 4.78 is 6.32. The van der Waals surface area contributed by atoms with E-state index in [4.69, 9.17) is 14.7 Å². The molecule has 3 aromatic rings. The molecule has 3 atom stereocenters. The second-order valence-corrected chi connectivity index (χ2v) is 11.7. The fourth-order valence-electron chi connectivity index (χ4n) is 6.74. The number of ether oxygens (including phenoxy) is 1. The number of carbonyl (C=O) groups is 1. The van der Waals surface area contributed by atoms with Gasteiger partial charge in [-0.25, -0.2) is 0 Å². The molecular weight excluding hydrogens is 526 g/mol. The van der Waals surface area contributed by atoms with Crippen LogP contribution in [0.2, 0.25) is 0 Å². The highest BCUT2D eigenvalue weighted by molar-refractivity contribution is 5.94. The molecule has 0 aliphatic carbocycles. The van der Waals surface area contributed by atoms with Gasteiger partial charge in [0.15, 0.2) is 0 Å². The molecule has 0 saturated carbocycles. The van der Waals surface area contributed by atoms with Crippen molar-refractivity contribution < 1.29 is 9.53 Å². The summed E-state index contributed by atoms with van der Waals surface area (Å²) >= 11 is 0. The number of hydrogen-bond acceptors (Lipinski definition) is 8. The highest BCUT2D eigenvalue weighted by Crippen LogP contribution is 2.36. The highest BCUT2D eigenvalue weighted by atomic mass is 16.5. The molecule has 3 aliphatic rings. The Morgan fingerprint density at radius 1 is 1.14 bits per heavy atom. The molecule has 218 valence electrons. The predicted molar refractivity (Wildman–Crippen MR) is 165 cm³/mol. The van der Waals surface area contributed by atoms with E-state index in [9.17, 15) is 10.1 Å². The van der Waals surface area contributed by atoms with Crippen molar-refractivity contribution >= 4 is 28.2 Å². The summed E-state index contributed by atoms with van der Waals surface area (Å²) in [5, 5.41) is 12.0. The lowest BCUT2D eigenvalue weighted by Crippen LogP contribution is -2.59. The zero-order valence-electron chi connectivity index (χ0n) is 24.6. The van der Waals surface area contributed by atoms with Crippen molar-refractivity contribution in [1.82, 2.24) is 19.8 Å². The van der Waals surface area contributed by atoms with Crippen LogP contribution in [-0.2, 0) is 17.8 Å². The molecular formula is C33H39N7O2. The summed E-state index contributed by atoms with van der Waals surface area (Å²) in [7, 11) is 2.14. The van der Waals surface area contributed by atoms with E-state index in [0.29, 0.717) is 38.3 Å². The van der Waals surface area contributed by atoms with Gasteiger partial charge in [0.25, 0.3) is 0 Å². The minimum atomic E-state index is -0.241. The molecule has 0 N–H and O–H groups in total. The standard InChI is InChI=1S/C33H39N7O2/c1-4-31(41)40-19-23(2)39(20-25(40)14-16-34)32-28-15-18-38(30-13-7-10-24-9-5-6-12-27(24)30)21-29(28)35-33(36-32)42-22-26-11-8-17-37(26)3/h4-7,9-10,12-13,23,25-26H,1,8,11,14-15,17-22H2,2-3H3/t23-,25+,26+/m1/s1. The van der Waals surface area contributed by atoms with Crippen molar-refractivity contribution in [3.8, 4) is 12.1 Å². The zero-order chi connectivity index (χ0) is 29.2. The van der Waals surface area contributed by atoms with Crippen LogP contribution in [0.1, 0.15) is 37.4 Å². The molecule has 42 heavy (non-hydrogen) atoms. The van der Waals surface area contributed by atoms with E-state index in [2.05, 4.69) is 83.8 Å². The Morgan fingerprint density at radius 3 is 2.76 bits per heavy atom. The second kappa shape index (κ2) is 12.0. The number of carbonyl (C=O) groups excluding carboxylic acids is 1. The van der Waals surface area contributed by atoms with E-state index < -0.39 is 0 Å². The third kappa shape index (κ3) is 5.39. The van der Waals surface area contributed by atoms with Gasteiger partial charge in [0.2, 0.25) is 5.91 Å². The van der Waals surface area contributed by atoms with E-state index >= 15 is 0 Å². The smallest absolute Gasteiger partial charge is 0.318 e. The third-order valence-electron chi connectivity index (χ3n) is 9.10. The van der Waals surface area contributed by atoms with E-state index in [1.165, 1.54) is 29.0 Å². The minimum Gasteiger partial charge on any atom is -0.462 e. The number of fused-ring (bicyclic) bond motifs is 2. The molecule has 0 unspecified atom stereocenters. The SMILES string of the molecule is C=CC(=O)N1C[C@@H](C)N(c2nc(OC[C@@H]3CCCN3C)nc3c2CCN(c2cccc4ccccc24)C3)C[C@@H]1CC#N. The number of amides is 1. The molecule has 9 nitrogen and oxygen atoms in total. The van der Waals surface area contributed by atoms with Crippen LogP contribution < -0.4 is 14.5 Å². The number of hydrogen-bond donors (Lipinski definition) is 0. The Labute approximate surface area is 248 Å². The Bertz CT molecular complexity index is 1510. The van der Waals surface area contributed by atoms with Crippen LogP contribution in [0.25, 0.3) is 10.8 Å². The summed E-state index contributed by atoms with van der Waals surface area (Å²) in [5.41, 5.74) is 3.30. The number of anilines is 2. The Morgan fingerprint density at radius 2 is 1.98 bits per heavy atom. The van der Waals surface area contributed by atoms with E-state index in [0.717, 1.165) is 43.0 Å². The van der Waals surface area contributed by atoms with Crippen LogP contribution in [0, 0.1) is 11.3 Å². The summed E-state index contributed by atoms with van der Waals surface area (Å²) in [6, 6.07) is 17.8. The van der Waals surface area contributed by atoms with Gasteiger partial charge in [-0.15, -0.1) is 0 Å². The number of benzene rings is 2. The molecule has 2 saturated heterocycles. The monoisotopic (exact) mass is 565 g/mol. The molecule has 4 heterocycles. The summed E-state index contributed by atoms with van der Waals surface area (Å²) in [6.07, 6.45) is 4.66. The lowest BCUT2D eigenvalue weighted by molar-refractivity contribution is -0.129. The lowest BCUT2D eigenvalue weighted by atomic mass is 9.99. The van der Waals surface area contributed by atoms with Gasteiger partial charge in [-0.3, -0.25) is 4.79 Å². The Kier molecular flexibility index (Phi) is 7.98. The summed E-state index contributed by atoms with van der Waals surface area (Å²) in [5.74, 6) is 0.732. The number of nitriles is 1. The Balaban J connectivity index is 1.35. The largest absolute Gasteiger partial charge is 0.462 e. The number of likely N-dealkylation sites (tertiary alicyclic amines) is 1. The molecule has 1 aromatic heterocycles. The highest BCUT2D eigenvalue weighted by Gasteiger charge is 2.37. The van der Waals surface area contributed by atoms with E-state index in [1.807, 2.05) is 0 Å². The van der Waals surface area contributed by atoms with Gasteiger partial charge in [-0.1, -0.05) is 43.0 Å². The van der Waals surface area contributed by atoms with Crippen molar-refractivity contribution in [2.75, 3.05) is 49.6 Å². The van der Waals surface area contributed by atoms with Crippen LogP contribution in [0.3, 0.4) is 0 Å². The van der Waals surface area contributed by atoms with Crippen LogP contribution in [-0.4, -0.2) is 83.6 Å². The maximum atomic E-state index is 12.7. The Hall–Kier alpha value is -4.16. The molecule has 3 aliphatic heterocycles. The van der Waals surface area contributed by atoms with Gasteiger partial charge in [-0.2, -0.15) is 15.2 Å². The maximum absolute atomic E-state index is 12.7. The fourth-order valence-corrected chi connectivity index (χ4v) is 6.74. The summed E-state index contributed by atoms with van der Waals surface area (Å²) in [6.45, 7) is 9.94. The number of aromatic nitrogens is 2. The quantitative estimate of drug-likeness (QED) is 0.395. The van der Waals surface area contributed by atoms with Crippen LogP contribution in [0.4, 0.5) is 11.5 Å². The minimum absolute atomic E-state index is 0.00718. The molecule has 0 bridgehead atoms. The summed E-state index contributed by atoms with van der Waals surface area (Å²) in [4.78, 5) is 31.5. The number of likely N-dealkylation sites (N-methyl/N-ethyl adjacent to an activating group) is 1. The fraction of sp³-hybridized carbons (Fsp3) is 0.455. The average molecular weight is 566 g/mol. The van der Waals surface area contributed by atoms with Crippen molar-refractivity contribution in [2.24, 2.45) is 0 Å². The molecule has 2 fully saturated rings. The van der Waals surface area contributed by atoms with Crippen molar-refractivity contribution in [3.05, 3.63) is 66.4 Å². The van der Waals surface area contributed by atoms with Crippen molar-refractivity contribution in [3.63, 3.8) is 0 Å². The second-order valence-electron chi connectivity index (χ2n) is 11.7. The first-order chi connectivity index (χ1) is 20.5. The first-order valence-electron chi connectivity index (χ1n) is 15.0. The van der Waals surface area contributed by atoms with E-state index in [-0.39, 0.29) is 24.4 Å². The molecule has 2 aromatic carbocycles.